The number of nitrogens with one attached hydrogen (secondary N) is 3. The molecule has 1 saturated heterocycles. The first-order valence-corrected chi connectivity index (χ1v) is 10.5. The Labute approximate surface area is 167 Å². The lowest BCUT2D eigenvalue weighted by atomic mass is 9.90. The molecule has 2 aliphatic heterocycles. The number of benzene rings is 1. The minimum absolute atomic E-state index is 0.228. The van der Waals surface area contributed by atoms with Crippen LogP contribution in [0.15, 0.2) is 41.6 Å². The second-order valence-corrected chi connectivity index (χ2v) is 7.73. The Bertz CT molecular complexity index is 709. The van der Waals surface area contributed by atoms with Crippen LogP contribution in [-0.2, 0) is 16.0 Å². The monoisotopic (exact) mass is 386 g/mol. The Morgan fingerprint density at radius 3 is 2.54 bits per heavy atom. The summed E-state index contributed by atoms with van der Waals surface area (Å²) in [5.74, 6) is 0.380. The summed E-state index contributed by atoms with van der Waals surface area (Å²) in [6.07, 6.45) is 4.12. The number of hydrogen-bond acceptors (Lipinski definition) is 3. The summed E-state index contributed by atoms with van der Waals surface area (Å²) in [4.78, 5) is 26.0. The topological polar surface area (TPSA) is 71.9 Å². The van der Waals surface area contributed by atoms with Crippen molar-refractivity contribution in [3.8, 4) is 0 Å². The van der Waals surface area contributed by atoms with Crippen LogP contribution in [0.4, 0.5) is 4.79 Å². The van der Waals surface area contributed by atoms with Gasteiger partial charge in [-0.15, -0.1) is 0 Å². The smallest absolute Gasteiger partial charge is 0.338 e. The van der Waals surface area contributed by atoms with Crippen LogP contribution in [0, 0.1) is 5.92 Å². The summed E-state index contributed by atoms with van der Waals surface area (Å²) < 4.78 is 5.25. The summed E-state index contributed by atoms with van der Waals surface area (Å²) in [6, 6.07) is 10.1. The number of piperidine rings is 1. The lowest BCUT2D eigenvalue weighted by Gasteiger charge is -2.33. The third-order valence-electron chi connectivity index (χ3n) is 5.75. The number of ether oxygens (including phenoxy) is 1. The fourth-order valence-electron chi connectivity index (χ4n) is 4.27. The van der Waals surface area contributed by atoms with Crippen LogP contribution in [0.25, 0.3) is 0 Å². The molecule has 2 amide bonds. The molecular weight excluding hydrogens is 354 g/mol. The van der Waals surface area contributed by atoms with Gasteiger partial charge in [0.1, 0.15) is 6.54 Å². The van der Waals surface area contributed by atoms with Crippen LogP contribution in [0.1, 0.15) is 38.7 Å². The van der Waals surface area contributed by atoms with E-state index in [9.17, 15) is 9.59 Å². The SMILES string of the molecule is CCOC(=O)C1=C(C[NH+]2CCC(Cc3ccccc3)CC2)NC(=O)N[C@H]1CC. The van der Waals surface area contributed by atoms with E-state index in [0.29, 0.717) is 31.1 Å². The van der Waals surface area contributed by atoms with Gasteiger partial charge in [0.2, 0.25) is 0 Å². The van der Waals surface area contributed by atoms with Crippen LogP contribution in [-0.4, -0.2) is 44.3 Å². The second kappa shape index (κ2) is 9.73. The van der Waals surface area contributed by atoms with E-state index in [1.54, 1.807) is 6.92 Å². The van der Waals surface area contributed by atoms with Crippen molar-refractivity contribution in [2.45, 2.75) is 45.6 Å². The molecule has 0 spiro atoms. The van der Waals surface area contributed by atoms with Gasteiger partial charge in [-0.05, 0) is 44.1 Å². The molecule has 0 radical (unpaired) electrons. The van der Waals surface area contributed by atoms with Crippen molar-refractivity contribution in [2.75, 3.05) is 26.2 Å². The maximum atomic E-state index is 12.5. The van der Waals surface area contributed by atoms with Crippen molar-refractivity contribution < 1.29 is 19.2 Å². The van der Waals surface area contributed by atoms with E-state index in [1.165, 1.54) is 10.5 Å². The molecule has 0 saturated carbocycles. The molecule has 0 aliphatic carbocycles. The predicted molar refractivity (Wildman–Crippen MR) is 108 cm³/mol. The average Bonchev–Trinajstić information content (AvgIpc) is 2.70. The molecule has 0 unspecified atom stereocenters. The summed E-state index contributed by atoms with van der Waals surface area (Å²) in [7, 11) is 0. The first-order valence-electron chi connectivity index (χ1n) is 10.5. The van der Waals surface area contributed by atoms with Crippen LogP contribution in [0.5, 0.6) is 0 Å². The van der Waals surface area contributed by atoms with Gasteiger partial charge in [0, 0.05) is 0 Å². The quantitative estimate of drug-likeness (QED) is 0.621. The van der Waals surface area contributed by atoms with Crippen LogP contribution in [0.2, 0.25) is 0 Å². The van der Waals surface area contributed by atoms with Crippen LogP contribution in [0.3, 0.4) is 0 Å². The Morgan fingerprint density at radius 2 is 1.89 bits per heavy atom. The maximum absolute atomic E-state index is 12.5. The Morgan fingerprint density at radius 1 is 1.18 bits per heavy atom. The third-order valence-corrected chi connectivity index (χ3v) is 5.75. The normalized spacial score (nSPS) is 25.1. The lowest BCUT2D eigenvalue weighted by molar-refractivity contribution is -0.901. The van der Waals surface area contributed by atoms with E-state index in [1.807, 2.05) is 6.92 Å². The van der Waals surface area contributed by atoms with E-state index in [0.717, 1.165) is 38.0 Å². The first-order chi connectivity index (χ1) is 13.6. The zero-order valence-electron chi connectivity index (χ0n) is 16.9. The zero-order valence-corrected chi connectivity index (χ0v) is 16.9. The number of esters is 1. The third kappa shape index (κ3) is 5.13. The second-order valence-electron chi connectivity index (χ2n) is 7.73. The van der Waals surface area contributed by atoms with Gasteiger partial charge in [-0.25, -0.2) is 9.59 Å². The zero-order chi connectivity index (χ0) is 19.9. The van der Waals surface area contributed by atoms with E-state index in [-0.39, 0.29) is 18.0 Å². The van der Waals surface area contributed by atoms with Gasteiger partial charge in [-0.1, -0.05) is 37.3 Å². The molecule has 1 aromatic rings. The highest BCUT2D eigenvalue weighted by Gasteiger charge is 2.34. The molecule has 28 heavy (non-hydrogen) atoms. The number of quaternary nitrogens is 1. The summed E-state index contributed by atoms with van der Waals surface area (Å²) in [5.41, 5.74) is 2.72. The van der Waals surface area contributed by atoms with Gasteiger partial charge in [0.15, 0.2) is 0 Å². The molecule has 2 heterocycles. The van der Waals surface area contributed by atoms with Gasteiger partial charge in [-0.3, -0.25) is 0 Å². The Balaban J connectivity index is 1.63. The molecule has 0 bridgehead atoms. The molecule has 0 aromatic heterocycles. The van der Waals surface area contributed by atoms with Gasteiger partial charge >= 0.3 is 12.0 Å². The summed E-state index contributed by atoms with van der Waals surface area (Å²) >= 11 is 0. The highest BCUT2D eigenvalue weighted by atomic mass is 16.5. The molecule has 3 N–H and O–H groups in total. The number of likely N-dealkylation sites (tertiary alicyclic amines) is 1. The molecule has 1 fully saturated rings. The fourth-order valence-corrected chi connectivity index (χ4v) is 4.27. The van der Waals surface area contributed by atoms with E-state index in [4.69, 9.17) is 4.74 Å². The van der Waals surface area contributed by atoms with E-state index in [2.05, 4.69) is 41.0 Å². The van der Waals surface area contributed by atoms with Crippen molar-refractivity contribution in [3.63, 3.8) is 0 Å². The molecular formula is C22H32N3O3+. The molecule has 1 aromatic carbocycles. The van der Waals surface area contributed by atoms with Gasteiger partial charge in [-0.2, -0.15) is 0 Å². The maximum Gasteiger partial charge on any atom is 0.338 e. The minimum atomic E-state index is -0.324. The van der Waals surface area contributed by atoms with Gasteiger partial charge in [0.25, 0.3) is 0 Å². The standard InChI is InChI=1S/C22H31N3O3/c1-3-18-20(21(26)28-4-2)19(24-22(27)23-18)15-25-12-10-17(11-13-25)14-16-8-6-5-7-9-16/h5-9,17-18H,3-4,10-15H2,1-2H3,(H2,23,24,27)/p+1/t18-/m0/s1. The number of carbonyl (C=O) groups excluding carboxylic acids is 2. The van der Waals surface area contributed by atoms with Crippen molar-refractivity contribution in [1.29, 1.82) is 0 Å². The summed E-state index contributed by atoms with van der Waals surface area (Å²) in [5, 5.41) is 5.72. The molecule has 1 atom stereocenters. The van der Waals surface area contributed by atoms with Crippen LogP contribution >= 0.6 is 0 Å². The Hall–Kier alpha value is -2.34. The number of carbonyl (C=O) groups is 2. The molecule has 3 rings (SSSR count). The molecule has 6 nitrogen and oxygen atoms in total. The Kier molecular flexibility index (Phi) is 7.09. The molecule has 6 heteroatoms. The largest absolute Gasteiger partial charge is 0.463 e. The number of hydrogen-bond donors (Lipinski definition) is 3. The predicted octanol–water partition coefficient (Wildman–Crippen LogP) is 1.43. The first kappa shape index (κ1) is 20.4. The minimum Gasteiger partial charge on any atom is -0.463 e. The summed E-state index contributed by atoms with van der Waals surface area (Å²) in [6.45, 7) is 6.87. The van der Waals surface area contributed by atoms with Crippen molar-refractivity contribution in [3.05, 3.63) is 47.2 Å². The van der Waals surface area contributed by atoms with Crippen molar-refractivity contribution >= 4 is 12.0 Å². The van der Waals surface area contributed by atoms with Gasteiger partial charge in [0.05, 0.1) is 37.0 Å². The number of urea groups is 1. The average molecular weight is 387 g/mol. The lowest BCUT2D eigenvalue weighted by Crippen LogP contribution is -3.13. The highest BCUT2D eigenvalue weighted by molar-refractivity contribution is 5.94. The molecule has 2 aliphatic rings. The van der Waals surface area contributed by atoms with Crippen molar-refractivity contribution in [2.24, 2.45) is 5.92 Å². The molecule has 152 valence electrons. The van der Waals surface area contributed by atoms with Crippen LogP contribution < -0.4 is 15.5 Å². The highest BCUT2D eigenvalue weighted by Crippen LogP contribution is 2.18. The van der Waals surface area contributed by atoms with E-state index < -0.39 is 0 Å². The van der Waals surface area contributed by atoms with E-state index >= 15 is 0 Å². The van der Waals surface area contributed by atoms with Gasteiger partial charge < -0.3 is 20.3 Å². The van der Waals surface area contributed by atoms with Crippen molar-refractivity contribution in [1.82, 2.24) is 10.6 Å². The number of amides is 2. The fraction of sp³-hybridized carbons (Fsp3) is 0.545. The number of rotatable bonds is 7.